The highest BCUT2D eigenvalue weighted by Crippen LogP contribution is 2.23. The van der Waals surface area contributed by atoms with E-state index in [-0.39, 0.29) is 18.0 Å². The number of amides is 1. The molecule has 0 aromatic heterocycles. The Kier molecular flexibility index (Phi) is 6.03. The van der Waals surface area contributed by atoms with Crippen molar-refractivity contribution in [2.24, 2.45) is 10.2 Å². The van der Waals surface area contributed by atoms with Gasteiger partial charge in [0.15, 0.2) is 5.17 Å². The van der Waals surface area contributed by atoms with Gasteiger partial charge in [0.2, 0.25) is 5.91 Å². The molecular formula is C20H19N3O3S. The zero-order valence-corrected chi connectivity index (χ0v) is 15.8. The van der Waals surface area contributed by atoms with Crippen LogP contribution in [0.15, 0.2) is 58.7 Å². The topological polar surface area (TPSA) is 80.1 Å². The summed E-state index contributed by atoms with van der Waals surface area (Å²) in [6, 6.07) is 15.0. The van der Waals surface area contributed by atoms with Gasteiger partial charge in [0.25, 0.3) is 0 Å². The summed E-state index contributed by atoms with van der Waals surface area (Å²) in [4.78, 5) is 23.1. The minimum absolute atomic E-state index is 0.0644. The molecule has 27 heavy (non-hydrogen) atoms. The molecule has 1 heterocycles. The molecule has 2 aromatic carbocycles. The molecule has 1 aliphatic rings. The highest BCUT2D eigenvalue weighted by atomic mass is 32.2. The average molecular weight is 381 g/mol. The standard InChI is InChI=1S/C20H19N3O3S/c1-13(2)26-19(25)15-9-7-14(8-10-15)17-6-4-3-5-16(17)11-21-23-20-22-18(24)12-27-20/h3-11,13H,12H2,1-2H3,(H,22,23,24). The van der Waals surface area contributed by atoms with Crippen LogP contribution in [0, 0.1) is 0 Å². The number of carbonyl (C=O) groups excluding carboxylic acids is 2. The number of esters is 1. The Bertz CT molecular complexity index is 905. The summed E-state index contributed by atoms with van der Waals surface area (Å²) in [5.41, 5.74) is 3.32. The normalized spacial score (nSPS) is 15.5. The predicted octanol–water partition coefficient (Wildman–Crippen LogP) is 3.47. The number of amidine groups is 1. The number of nitrogens with zero attached hydrogens (tertiary/aromatic N) is 2. The first kappa shape index (κ1) is 18.8. The lowest BCUT2D eigenvalue weighted by Crippen LogP contribution is -2.19. The molecular weight excluding hydrogens is 362 g/mol. The van der Waals surface area contributed by atoms with Crippen molar-refractivity contribution in [3.63, 3.8) is 0 Å². The van der Waals surface area contributed by atoms with Crippen LogP contribution in [0.2, 0.25) is 0 Å². The number of carbonyl (C=O) groups is 2. The van der Waals surface area contributed by atoms with E-state index in [0.29, 0.717) is 16.5 Å². The molecule has 1 N–H and O–H groups in total. The molecule has 3 rings (SSSR count). The summed E-state index contributed by atoms with van der Waals surface area (Å²) in [5.74, 6) is -0.0277. The Morgan fingerprint density at radius 2 is 1.93 bits per heavy atom. The lowest BCUT2D eigenvalue weighted by Gasteiger charge is -2.09. The monoisotopic (exact) mass is 381 g/mol. The van der Waals surface area contributed by atoms with Crippen molar-refractivity contribution < 1.29 is 14.3 Å². The second kappa shape index (κ2) is 8.64. The van der Waals surface area contributed by atoms with E-state index >= 15 is 0 Å². The van der Waals surface area contributed by atoms with Crippen LogP contribution in [0.25, 0.3) is 11.1 Å². The fraction of sp³-hybridized carbons (Fsp3) is 0.200. The minimum Gasteiger partial charge on any atom is -0.459 e. The molecule has 0 radical (unpaired) electrons. The molecule has 1 amide bonds. The smallest absolute Gasteiger partial charge is 0.338 e. The number of thioether (sulfide) groups is 1. The second-order valence-corrected chi connectivity index (χ2v) is 7.07. The maximum absolute atomic E-state index is 12.0. The Morgan fingerprint density at radius 3 is 2.59 bits per heavy atom. The fourth-order valence-electron chi connectivity index (χ4n) is 2.46. The molecule has 1 saturated heterocycles. The zero-order valence-electron chi connectivity index (χ0n) is 15.0. The first-order valence-corrected chi connectivity index (χ1v) is 9.45. The largest absolute Gasteiger partial charge is 0.459 e. The maximum Gasteiger partial charge on any atom is 0.338 e. The van der Waals surface area contributed by atoms with Gasteiger partial charge in [-0.3, -0.25) is 4.79 Å². The van der Waals surface area contributed by atoms with Crippen molar-refractivity contribution in [1.82, 2.24) is 5.32 Å². The quantitative estimate of drug-likeness (QED) is 0.489. The number of rotatable bonds is 5. The van der Waals surface area contributed by atoms with Gasteiger partial charge in [0.05, 0.1) is 23.6 Å². The van der Waals surface area contributed by atoms with Crippen molar-refractivity contribution in [3.8, 4) is 11.1 Å². The third kappa shape index (κ3) is 5.04. The highest BCUT2D eigenvalue weighted by molar-refractivity contribution is 8.15. The highest BCUT2D eigenvalue weighted by Gasteiger charge is 2.16. The summed E-state index contributed by atoms with van der Waals surface area (Å²) in [6.45, 7) is 3.64. The van der Waals surface area contributed by atoms with Gasteiger partial charge in [-0.1, -0.05) is 48.2 Å². The van der Waals surface area contributed by atoms with E-state index in [9.17, 15) is 9.59 Å². The molecule has 138 valence electrons. The van der Waals surface area contributed by atoms with Gasteiger partial charge in [-0.05, 0) is 37.1 Å². The number of hydrogen-bond donors (Lipinski definition) is 1. The van der Waals surface area contributed by atoms with Gasteiger partial charge in [-0.15, -0.1) is 5.10 Å². The summed E-state index contributed by atoms with van der Waals surface area (Å²) < 4.78 is 5.21. The molecule has 0 bridgehead atoms. The summed E-state index contributed by atoms with van der Waals surface area (Å²) in [7, 11) is 0. The number of nitrogens with one attached hydrogen (secondary N) is 1. The van der Waals surface area contributed by atoms with E-state index in [1.165, 1.54) is 11.8 Å². The van der Waals surface area contributed by atoms with Crippen LogP contribution in [0.5, 0.6) is 0 Å². The molecule has 7 heteroatoms. The Morgan fingerprint density at radius 1 is 1.19 bits per heavy atom. The lowest BCUT2D eigenvalue weighted by molar-refractivity contribution is -0.116. The Hall–Kier alpha value is -2.93. The first-order valence-electron chi connectivity index (χ1n) is 8.47. The van der Waals surface area contributed by atoms with Crippen molar-refractivity contribution in [2.45, 2.75) is 20.0 Å². The molecule has 2 aromatic rings. The Labute approximate surface area is 161 Å². The van der Waals surface area contributed by atoms with E-state index in [4.69, 9.17) is 4.74 Å². The van der Waals surface area contributed by atoms with Gasteiger partial charge in [-0.2, -0.15) is 5.10 Å². The van der Waals surface area contributed by atoms with E-state index < -0.39 is 0 Å². The molecule has 0 spiro atoms. The molecule has 1 fully saturated rings. The molecule has 0 aliphatic carbocycles. The molecule has 1 aliphatic heterocycles. The van der Waals surface area contributed by atoms with Gasteiger partial charge in [0.1, 0.15) is 0 Å². The summed E-state index contributed by atoms with van der Waals surface area (Å²) >= 11 is 1.33. The van der Waals surface area contributed by atoms with Crippen molar-refractivity contribution in [3.05, 3.63) is 59.7 Å². The average Bonchev–Trinajstić information content (AvgIpc) is 3.07. The van der Waals surface area contributed by atoms with Crippen LogP contribution >= 0.6 is 11.8 Å². The molecule has 0 unspecified atom stereocenters. The van der Waals surface area contributed by atoms with E-state index in [1.807, 2.05) is 50.2 Å². The molecule has 0 saturated carbocycles. The van der Waals surface area contributed by atoms with Crippen molar-refractivity contribution >= 4 is 35.0 Å². The predicted molar refractivity (Wildman–Crippen MR) is 108 cm³/mol. The van der Waals surface area contributed by atoms with E-state index in [0.717, 1.165) is 16.7 Å². The fourth-order valence-corrected chi connectivity index (χ4v) is 3.09. The van der Waals surface area contributed by atoms with Crippen LogP contribution in [0.3, 0.4) is 0 Å². The van der Waals surface area contributed by atoms with Crippen LogP contribution < -0.4 is 5.32 Å². The van der Waals surface area contributed by atoms with Gasteiger partial charge in [-0.25, -0.2) is 4.79 Å². The van der Waals surface area contributed by atoms with Crippen LogP contribution in [-0.4, -0.2) is 35.1 Å². The zero-order chi connectivity index (χ0) is 19.2. The van der Waals surface area contributed by atoms with Gasteiger partial charge < -0.3 is 10.1 Å². The van der Waals surface area contributed by atoms with Crippen molar-refractivity contribution in [1.29, 1.82) is 0 Å². The van der Waals surface area contributed by atoms with Crippen LogP contribution in [0.1, 0.15) is 29.8 Å². The van der Waals surface area contributed by atoms with Crippen molar-refractivity contribution in [2.75, 3.05) is 5.75 Å². The first-order chi connectivity index (χ1) is 13.0. The number of hydrogen-bond acceptors (Lipinski definition) is 6. The van der Waals surface area contributed by atoms with E-state index in [1.54, 1.807) is 18.3 Å². The lowest BCUT2D eigenvalue weighted by atomic mass is 9.99. The van der Waals surface area contributed by atoms with Crippen LogP contribution in [-0.2, 0) is 9.53 Å². The van der Waals surface area contributed by atoms with Crippen LogP contribution in [0.4, 0.5) is 0 Å². The van der Waals surface area contributed by atoms with Gasteiger partial charge in [0, 0.05) is 5.56 Å². The van der Waals surface area contributed by atoms with Gasteiger partial charge >= 0.3 is 5.97 Å². The molecule has 0 atom stereocenters. The third-order valence-corrected chi connectivity index (χ3v) is 4.53. The third-order valence-electron chi connectivity index (χ3n) is 3.67. The van der Waals surface area contributed by atoms with E-state index in [2.05, 4.69) is 15.5 Å². The number of benzene rings is 2. The SMILES string of the molecule is CC(C)OC(=O)c1ccc(-c2ccccc2C=NN=C2NC(=O)CS2)cc1. The number of ether oxygens (including phenoxy) is 1. The summed E-state index contributed by atoms with van der Waals surface area (Å²) in [6.07, 6.45) is 1.49. The second-order valence-electron chi connectivity index (χ2n) is 6.11. The summed E-state index contributed by atoms with van der Waals surface area (Å²) in [5, 5.41) is 11.2. The molecule has 6 nitrogen and oxygen atoms in total. The Balaban J connectivity index is 1.79. The minimum atomic E-state index is -0.335. The maximum atomic E-state index is 12.0.